The number of nitrogens with one attached hydrogen (secondary N) is 1. The maximum Gasteiger partial charge on any atom is 0.254 e. The van der Waals surface area contributed by atoms with Crippen LogP contribution in [-0.2, 0) is 4.79 Å². The first kappa shape index (κ1) is 21.2. The van der Waals surface area contributed by atoms with E-state index in [4.69, 9.17) is 0 Å². The molecule has 4 nitrogen and oxygen atoms in total. The van der Waals surface area contributed by atoms with Crippen molar-refractivity contribution in [3.8, 4) is 0 Å². The Bertz CT molecular complexity index is 1030. The van der Waals surface area contributed by atoms with Crippen LogP contribution in [0, 0.1) is 29.1 Å². The normalized spacial score (nSPS) is 32.2. The van der Waals surface area contributed by atoms with Crippen molar-refractivity contribution in [1.29, 1.82) is 0 Å². The molecule has 33 heavy (non-hydrogen) atoms. The van der Waals surface area contributed by atoms with E-state index in [0.717, 1.165) is 46.9 Å². The Hall–Kier alpha value is -2.36. The summed E-state index contributed by atoms with van der Waals surface area (Å²) in [5.74, 6) is 3.04. The van der Waals surface area contributed by atoms with Gasteiger partial charge in [0.25, 0.3) is 5.91 Å². The second-order valence-electron chi connectivity index (χ2n) is 11.6. The molecule has 1 saturated heterocycles. The molecule has 4 saturated carbocycles. The molecule has 1 N–H and O–H groups in total. The highest BCUT2D eigenvalue weighted by atomic mass is 16.2. The molecule has 174 valence electrons. The molecule has 1 heterocycles. The summed E-state index contributed by atoms with van der Waals surface area (Å²) in [5.41, 5.74) is 1.11. The summed E-state index contributed by atoms with van der Waals surface area (Å²) in [6, 6.07) is 14.3. The average Bonchev–Trinajstić information content (AvgIpc) is 2.82. The van der Waals surface area contributed by atoms with Crippen molar-refractivity contribution < 1.29 is 9.59 Å². The van der Waals surface area contributed by atoms with Gasteiger partial charge in [-0.3, -0.25) is 9.59 Å². The third kappa shape index (κ3) is 3.76. The number of hydrogen-bond acceptors (Lipinski definition) is 2. The highest BCUT2D eigenvalue weighted by Gasteiger charge is 2.53. The number of fused-ring (bicyclic) bond motifs is 1. The number of amides is 2. The quantitative estimate of drug-likeness (QED) is 0.685. The van der Waals surface area contributed by atoms with E-state index in [9.17, 15) is 9.59 Å². The van der Waals surface area contributed by atoms with E-state index in [2.05, 4.69) is 12.2 Å². The summed E-state index contributed by atoms with van der Waals surface area (Å²) in [7, 11) is 0. The van der Waals surface area contributed by atoms with Crippen molar-refractivity contribution in [3.05, 3.63) is 48.0 Å². The maximum atomic E-state index is 13.3. The van der Waals surface area contributed by atoms with Crippen molar-refractivity contribution in [2.24, 2.45) is 29.1 Å². The second-order valence-corrected chi connectivity index (χ2v) is 11.6. The Labute approximate surface area is 197 Å². The molecular formula is C29H36N2O2. The fourth-order valence-corrected chi connectivity index (χ4v) is 8.12. The van der Waals surface area contributed by atoms with Crippen LogP contribution in [0.25, 0.3) is 10.8 Å². The van der Waals surface area contributed by atoms with Crippen LogP contribution in [0.1, 0.15) is 68.6 Å². The highest BCUT2D eigenvalue weighted by Crippen LogP contribution is 2.61. The van der Waals surface area contributed by atoms with Crippen LogP contribution in [0.15, 0.2) is 42.5 Å². The molecular weight excluding hydrogens is 408 g/mol. The van der Waals surface area contributed by atoms with Gasteiger partial charge >= 0.3 is 0 Å². The summed E-state index contributed by atoms with van der Waals surface area (Å²) in [6.45, 7) is 3.59. The number of hydrogen-bond donors (Lipinski definition) is 1. The molecule has 4 bridgehead atoms. The highest BCUT2D eigenvalue weighted by molar-refractivity contribution is 6.07. The minimum absolute atomic E-state index is 0.0259. The Kier molecular flexibility index (Phi) is 5.23. The minimum atomic E-state index is 0.0259. The van der Waals surface area contributed by atoms with Crippen LogP contribution in [0.3, 0.4) is 0 Å². The van der Waals surface area contributed by atoms with Gasteiger partial charge in [0.2, 0.25) is 5.91 Å². The third-order valence-electron chi connectivity index (χ3n) is 9.54. The monoisotopic (exact) mass is 444 g/mol. The molecule has 1 unspecified atom stereocenters. The van der Waals surface area contributed by atoms with Crippen LogP contribution in [0.4, 0.5) is 0 Å². The molecule has 5 aliphatic rings. The average molecular weight is 445 g/mol. The third-order valence-corrected chi connectivity index (χ3v) is 9.54. The lowest BCUT2D eigenvalue weighted by Gasteiger charge is -2.59. The fourth-order valence-electron chi connectivity index (χ4n) is 8.12. The van der Waals surface area contributed by atoms with Crippen LogP contribution < -0.4 is 5.32 Å². The van der Waals surface area contributed by atoms with E-state index in [1.807, 2.05) is 47.4 Å². The Morgan fingerprint density at radius 2 is 1.52 bits per heavy atom. The predicted octanol–water partition coefficient (Wildman–Crippen LogP) is 5.41. The van der Waals surface area contributed by atoms with Gasteiger partial charge in [0.05, 0.1) is 0 Å². The molecule has 5 fully saturated rings. The molecule has 4 heteroatoms. The predicted molar refractivity (Wildman–Crippen MR) is 131 cm³/mol. The smallest absolute Gasteiger partial charge is 0.254 e. The van der Waals surface area contributed by atoms with Crippen molar-refractivity contribution in [2.75, 3.05) is 13.1 Å². The van der Waals surface area contributed by atoms with E-state index in [1.54, 1.807) is 0 Å². The topological polar surface area (TPSA) is 49.4 Å². The first-order chi connectivity index (χ1) is 16.0. The Morgan fingerprint density at radius 1 is 0.909 bits per heavy atom. The lowest BCUT2D eigenvalue weighted by Crippen LogP contribution is -2.56. The standard InChI is InChI=1S/C29H36N2O2/c1-19(29-16-20-13-21(17-29)15-22(14-20)18-29)30-27(32)24-9-11-31(12-10-24)28(33)26-8-4-6-23-5-2-3-7-25(23)26/h2-8,19-22,24H,9-18H2,1H3,(H,30,32). The van der Waals surface area contributed by atoms with E-state index < -0.39 is 0 Å². The molecule has 2 aromatic rings. The lowest BCUT2D eigenvalue weighted by atomic mass is 9.48. The molecule has 2 amide bonds. The van der Waals surface area contributed by atoms with Gasteiger partial charge in [-0.25, -0.2) is 0 Å². The van der Waals surface area contributed by atoms with Gasteiger partial charge in [0.1, 0.15) is 0 Å². The molecule has 4 aliphatic carbocycles. The first-order valence-corrected chi connectivity index (χ1v) is 13.1. The van der Waals surface area contributed by atoms with Crippen molar-refractivity contribution in [3.63, 3.8) is 0 Å². The molecule has 0 aromatic heterocycles. The lowest BCUT2D eigenvalue weighted by molar-refractivity contribution is -0.131. The second kappa shape index (κ2) is 8.14. The zero-order valence-corrected chi connectivity index (χ0v) is 19.8. The van der Waals surface area contributed by atoms with Gasteiger partial charge in [0, 0.05) is 30.6 Å². The van der Waals surface area contributed by atoms with E-state index in [-0.39, 0.29) is 23.8 Å². The zero-order valence-electron chi connectivity index (χ0n) is 19.8. The first-order valence-electron chi connectivity index (χ1n) is 13.1. The van der Waals surface area contributed by atoms with Gasteiger partial charge in [-0.2, -0.15) is 0 Å². The Balaban J connectivity index is 1.08. The van der Waals surface area contributed by atoms with E-state index in [1.165, 1.54) is 38.5 Å². The van der Waals surface area contributed by atoms with Crippen molar-refractivity contribution in [2.45, 2.75) is 64.3 Å². The van der Waals surface area contributed by atoms with Crippen molar-refractivity contribution in [1.82, 2.24) is 10.2 Å². The summed E-state index contributed by atoms with van der Waals surface area (Å²) in [5, 5.41) is 5.57. The van der Waals surface area contributed by atoms with Gasteiger partial charge in [-0.1, -0.05) is 36.4 Å². The summed E-state index contributed by atoms with van der Waals surface area (Å²) in [4.78, 5) is 28.4. The molecule has 2 aromatic carbocycles. The van der Waals surface area contributed by atoms with Gasteiger partial charge in [0.15, 0.2) is 0 Å². The number of rotatable bonds is 4. The maximum absolute atomic E-state index is 13.3. The molecule has 0 radical (unpaired) electrons. The number of piperidine rings is 1. The van der Waals surface area contributed by atoms with Gasteiger partial charge in [-0.05, 0) is 98.3 Å². The van der Waals surface area contributed by atoms with Crippen LogP contribution >= 0.6 is 0 Å². The summed E-state index contributed by atoms with van der Waals surface area (Å²) in [6.07, 6.45) is 9.77. The molecule has 7 rings (SSSR count). The summed E-state index contributed by atoms with van der Waals surface area (Å²) < 4.78 is 0. The number of carbonyl (C=O) groups is 2. The van der Waals surface area contributed by atoms with Crippen LogP contribution in [-0.4, -0.2) is 35.8 Å². The number of likely N-dealkylation sites (tertiary alicyclic amines) is 1. The van der Waals surface area contributed by atoms with E-state index in [0.29, 0.717) is 18.5 Å². The minimum Gasteiger partial charge on any atom is -0.353 e. The summed E-state index contributed by atoms with van der Waals surface area (Å²) >= 11 is 0. The molecule has 1 aliphatic heterocycles. The largest absolute Gasteiger partial charge is 0.353 e. The zero-order chi connectivity index (χ0) is 22.6. The number of carbonyl (C=O) groups excluding carboxylic acids is 2. The van der Waals surface area contributed by atoms with Crippen LogP contribution in [0.2, 0.25) is 0 Å². The van der Waals surface area contributed by atoms with Crippen molar-refractivity contribution >= 4 is 22.6 Å². The molecule has 1 atom stereocenters. The van der Waals surface area contributed by atoms with Gasteiger partial charge in [-0.15, -0.1) is 0 Å². The fraction of sp³-hybridized carbons (Fsp3) is 0.586. The Morgan fingerprint density at radius 3 is 2.18 bits per heavy atom. The van der Waals surface area contributed by atoms with Crippen LogP contribution in [0.5, 0.6) is 0 Å². The SMILES string of the molecule is CC(NC(=O)C1CCN(C(=O)c2cccc3ccccc23)CC1)C12CC3CC(CC(C3)C1)C2. The number of nitrogens with zero attached hydrogens (tertiary/aromatic N) is 1. The molecule has 0 spiro atoms. The van der Waals surface area contributed by atoms with E-state index >= 15 is 0 Å². The van der Waals surface area contributed by atoms with Gasteiger partial charge < -0.3 is 10.2 Å². The number of benzene rings is 2.